The van der Waals surface area contributed by atoms with E-state index in [0.717, 1.165) is 29.8 Å². The zero-order valence-corrected chi connectivity index (χ0v) is 21.3. The molecule has 0 amide bonds. The average Bonchev–Trinajstić information content (AvgIpc) is 2.91. The van der Waals surface area contributed by atoms with Crippen LogP contribution in [0.15, 0.2) is 60.7 Å². The van der Waals surface area contributed by atoms with Crippen LogP contribution in [0.25, 0.3) is 12.2 Å². The van der Waals surface area contributed by atoms with E-state index < -0.39 is 17.5 Å². The monoisotopic (exact) mass is 528 g/mol. The van der Waals surface area contributed by atoms with Gasteiger partial charge in [0.05, 0.1) is 34.0 Å². The topological polar surface area (TPSA) is 74.2 Å². The minimum atomic E-state index is -4.48. The van der Waals surface area contributed by atoms with Gasteiger partial charge in [0.1, 0.15) is 0 Å². The molecule has 6 nitrogen and oxygen atoms in total. The first-order valence-corrected chi connectivity index (χ1v) is 11.4. The lowest BCUT2D eigenvalue weighted by Crippen LogP contribution is -2.05. The quantitative estimate of drug-likeness (QED) is 0.182. The number of hydrogen-bond donors (Lipinski definition) is 1. The number of aromatic hydroxyl groups is 1. The largest absolute Gasteiger partial charge is 0.504 e. The van der Waals surface area contributed by atoms with Gasteiger partial charge in [-0.2, -0.15) is 13.2 Å². The molecule has 0 saturated carbocycles. The maximum absolute atomic E-state index is 12.8. The zero-order chi connectivity index (χ0) is 27.9. The molecule has 0 aliphatic carbocycles. The molecule has 0 aromatic heterocycles. The molecule has 38 heavy (non-hydrogen) atoms. The number of methoxy groups -OCH3 is 4. The van der Waals surface area contributed by atoms with Crippen molar-refractivity contribution in [1.82, 2.24) is 0 Å². The molecule has 1 N–H and O–H groups in total. The van der Waals surface area contributed by atoms with E-state index in [1.165, 1.54) is 40.6 Å². The SMILES string of the molecule is COc1ccc(/C=C\c2cc(OC)c(OC)c(OC)c2)c(C/C=C\C(=O)c2ccc(C(F)(F)F)cc2)c1O. The molecular weight excluding hydrogens is 501 g/mol. The van der Waals surface area contributed by atoms with Crippen molar-refractivity contribution in [2.45, 2.75) is 12.6 Å². The molecule has 3 aromatic carbocycles. The summed E-state index contributed by atoms with van der Waals surface area (Å²) in [7, 11) is 5.97. The van der Waals surface area contributed by atoms with E-state index in [4.69, 9.17) is 18.9 Å². The fraction of sp³-hybridized carbons (Fsp3) is 0.207. The van der Waals surface area contributed by atoms with Gasteiger partial charge >= 0.3 is 6.18 Å². The van der Waals surface area contributed by atoms with Crippen LogP contribution < -0.4 is 18.9 Å². The van der Waals surface area contributed by atoms with Gasteiger partial charge in [0.25, 0.3) is 0 Å². The second kappa shape index (κ2) is 12.2. The van der Waals surface area contributed by atoms with Crippen LogP contribution in [0.1, 0.15) is 32.6 Å². The third-order valence-electron chi connectivity index (χ3n) is 5.73. The molecule has 0 saturated heterocycles. The molecule has 9 heteroatoms. The summed E-state index contributed by atoms with van der Waals surface area (Å²) in [5.41, 5.74) is 1.18. The first kappa shape index (κ1) is 28.2. The van der Waals surface area contributed by atoms with Gasteiger partial charge in [-0.1, -0.05) is 36.4 Å². The van der Waals surface area contributed by atoms with E-state index in [0.29, 0.717) is 28.4 Å². The number of ketones is 1. The first-order valence-electron chi connectivity index (χ1n) is 11.4. The average molecular weight is 529 g/mol. The normalized spacial score (nSPS) is 11.7. The first-order chi connectivity index (χ1) is 18.1. The Morgan fingerprint density at radius 3 is 1.97 bits per heavy atom. The van der Waals surface area contributed by atoms with Gasteiger partial charge in [0.2, 0.25) is 5.75 Å². The van der Waals surface area contributed by atoms with Crippen LogP contribution in [0.5, 0.6) is 28.7 Å². The minimum absolute atomic E-state index is 0.0915. The van der Waals surface area contributed by atoms with Crippen LogP contribution in [-0.2, 0) is 12.6 Å². The summed E-state index contributed by atoms with van der Waals surface area (Å²) in [5, 5.41) is 10.7. The molecule has 200 valence electrons. The summed E-state index contributed by atoms with van der Waals surface area (Å²) in [6.07, 6.45) is 2.05. The third kappa shape index (κ3) is 6.47. The predicted molar refractivity (Wildman–Crippen MR) is 138 cm³/mol. The number of hydrogen-bond acceptors (Lipinski definition) is 6. The van der Waals surface area contributed by atoms with Gasteiger partial charge in [0, 0.05) is 11.1 Å². The second-order valence-corrected chi connectivity index (χ2v) is 8.02. The number of allylic oxidation sites excluding steroid dienone is 2. The summed E-state index contributed by atoms with van der Waals surface area (Å²) < 4.78 is 59.7. The van der Waals surface area contributed by atoms with E-state index in [-0.39, 0.29) is 23.5 Å². The summed E-state index contributed by atoms with van der Waals surface area (Å²) in [6, 6.07) is 10.9. The molecule has 0 bridgehead atoms. The van der Waals surface area contributed by atoms with Gasteiger partial charge in [-0.15, -0.1) is 0 Å². The number of phenolic OH excluding ortho intramolecular Hbond substituents is 1. The molecule has 0 heterocycles. The number of carbonyl (C=O) groups excluding carboxylic acids is 1. The van der Waals surface area contributed by atoms with Crippen molar-refractivity contribution >= 4 is 17.9 Å². The third-order valence-corrected chi connectivity index (χ3v) is 5.73. The van der Waals surface area contributed by atoms with Crippen LogP contribution in [-0.4, -0.2) is 39.3 Å². The lowest BCUT2D eigenvalue weighted by atomic mass is 10.00. The Morgan fingerprint density at radius 2 is 1.45 bits per heavy atom. The van der Waals surface area contributed by atoms with Crippen molar-refractivity contribution in [3.05, 3.63) is 88.5 Å². The Balaban J connectivity index is 1.88. The summed E-state index contributed by atoms with van der Waals surface area (Å²) in [6.45, 7) is 0. The smallest absolute Gasteiger partial charge is 0.416 e. The van der Waals surface area contributed by atoms with E-state index in [1.807, 2.05) is 0 Å². The lowest BCUT2D eigenvalue weighted by molar-refractivity contribution is -0.137. The molecule has 0 spiro atoms. The van der Waals surface area contributed by atoms with Gasteiger partial charge in [-0.3, -0.25) is 4.79 Å². The van der Waals surface area contributed by atoms with Crippen LogP contribution in [0.4, 0.5) is 13.2 Å². The van der Waals surface area contributed by atoms with Crippen molar-refractivity contribution in [2.24, 2.45) is 0 Å². The van der Waals surface area contributed by atoms with Gasteiger partial charge < -0.3 is 24.1 Å². The molecule has 0 aliphatic rings. The number of ether oxygens (including phenoxy) is 4. The molecule has 3 aromatic rings. The fourth-order valence-electron chi connectivity index (χ4n) is 3.75. The molecular formula is C29H27F3O6. The Kier molecular flexibility index (Phi) is 9.07. The minimum Gasteiger partial charge on any atom is -0.504 e. The number of phenols is 1. The summed E-state index contributed by atoms with van der Waals surface area (Å²) in [4.78, 5) is 12.5. The Bertz CT molecular complexity index is 1320. The summed E-state index contributed by atoms with van der Waals surface area (Å²) >= 11 is 0. The highest BCUT2D eigenvalue weighted by molar-refractivity contribution is 6.04. The maximum Gasteiger partial charge on any atom is 0.416 e. The van der Waals surface area contributed by atoms with Gasteiger partial charge in [-0.25, -0.2) is 0 Å². The highest BCUT2D eigenvalue weighted by Gasteiger charge is 2.30. The van der Waals surface area contributed by atoms with E-state index in [9.17, 15) is 23.1 Å². The second-order valence-electron chi connectivity index (χ2n) is 8.02. The molecule has 0 fully saturated rings. The van der Waals surface area contributed by atoms with E-state index in [2.05, 4.69) is 0 Å². The number of alkyl halides is 3. The molecule has 0 unspecified atom stereocenters. The molecule has 0 atom stereocenters. The zero-order valence-electron chi connectivity index (χ0n) is 21.3. The lowest BCUT2D eigenvalue weighted by Gasteiger charge is -2.13. The van der Waals surface area contributed by atoms with E-state index in [1.54, 1.807) is 36.4 Å². The number of halogens is 3. The highest BCUT2D eigenvalue weighted by Crippen LogP contribution is 2.39. The molecule has 3 rings (SSSR count). The number of rotatable bonds is 10. The van der Waals surface area contributed by atoms with Gasteiger partial charge in [0.15, 0.2) is 28.8 Å². The van der Waals surface area contributed by atoms with Crippen molar-refractivity contribution in [3.63, 3.8) is 0 Å². The standard InChI is InChI=1S/C29H27F3O6/c1-35-24-15-12-19(9-8-18-16-25(36-2)28(38-4)26(17-18)37-3)22(27(24)34)6-5-7-23(33)20-10-13-21(14-11-20)29(30,31)32/h5,7-17,34H,6H2,1-4H3/b7-5-,9-8-. The Morgan fingerprint density at radius 1 is 0.842 bits per heavy atom. The Hall–Kier alpha value is -4.40. The van der Waals surface area contributed by atoms with E-state index >= 15 is 0 Å². The maximum atomic E-state index is 12.8. The van der Waals surface area contributed by atoms with Crippen LogP contribution >= 0.6 is 0 Å². The van der Waals surface area contributed by atoms with Crippen molar-refractivity contribution in [1.29, 1.82) is 0 Å². The Labute approximate surface area is 218 Å². The van der Waals surface area contributed by atoms with Gasteiger partial charge in [-0.05, 0) is 54.0 Å². The highest BCUT2D eigenvalue weighted by atomic mass is 19.4. The number of benzene rings is 3. The fourth-order valence-corrected chi connectivity index (χ4v) is 3.75. The number of carbonyl (C=O) groups is 1. The van der Waals surface area contributed by atoms with Crippen LogP contribution in [0, 0.1) is 0 Å². The predicted octanol–water partition coefficient (Wildman–Crippen LogP) is 6.60. The van der Waals surface area contributed by atoms with Crippen molar-refractivity contribution in [2.75, 3.05) is 28.4 Å². The molecule has 0 aliphatic heterocycles. The van der Waals surface area contributed by atoms with Crippen molar-refractivity contribution in [3.8, 4) is 28.7 Å². The van der Waals surface area contributed by atoms with Crippen LogP contribution in [0.2, 0.25) is 0 Å². The van der Waals surface area contributed by atoms with Crippen molar-refractivity contribution < 1.29 is 42.0 Å². The van der Waals surface area contributed by atoms with Crippen LogP contribution in [0.3, 0.4) is 0 Å². The molecule has 0 radical (unpaired) electrons. The summed E-state index contributed by atoms with van der Waals surface area (Å²) in [5.74, 6) is 1.12.